The Bertz CT molecular complexity index is 833. The summed E-state index contributed by atoms with van der Waals surface area (Å²) >= 11 is 0. The Morgan fingerprint density at radius 2 is 1.50 bits per heavy atom. The number of carbonyl (C=O) groups is 2. The van der Waals surface area contributed by atoms with Crippen LogP contribution in [0.15, 0.2) is 30.3 Å². The van der Waals surface area contributed by atoms with Crippen molar-refractivity contribution in [1.82, 2.24) is 13.5 Å². The van der Waals surface area contributed by atoms with Crippen molar-refractivity contribution in [2.24, 2.45) is 0 Å². The predicted octanol–water partition coefficient (Wildman–Crippen LogP) is 0.497. The standard InChI is InChI=1S/C18H24N4O5S/c23-17-14-21(18(24)22(17)16-4-2-1-3-5-16)15-6-8-19(9-7-15)28(25,26)20-10-12-27-13-11-20/h1-5,15H,6-14H2. The topological polar surface area (TPSA) is 90.5 Å². The molecule has 3 heterocycles. The molecule has 10 heteroatoms. The second kappa shape index (κ2) is 7.78. The van der Waals surface area contributed by atoms with Crippen LogP contribution >= 0.6 is 0 Å². The van der Waals surface area contributed by atoms with Gasteiger partial charge >= 0.3 is 6.03 Å². The fourth-order valence-corrected chi connectivity index (χ4v) is 5.57. The van der Waals surface area contributed by atoms with E-state index in [0.717, 1.165) is 0 Å². The van der Waals surface area contributed by atoms with Crippen LogP contribution in [-0.4, -0.2) is 85.8 Å². The SMILES string of the molecule is O=C1CN(C2CCN(S(=O)(=O)N3CCOCC3)CC2)C(=O)N1c1ccccc1. The van der Waals surface area contributed by atoms with Gasteiger partial charge in [-0.2, -0.15) is 17.0 Å². The molecule has 3 amide bonds. The van der Waals surface area contributed by atoms with Crippen LogP contribution < -0.4 is 4.90 Å². The normalized spacial score (nSPS) is 23.6. The molecule has 1 aromatic rings. The molecule has 0 saturated carbocycles. The number of rotatable bonds is 4. The van der Waals surface area contributed by atoms with Gasteiger partial charge in [0.2, 0.25) is 0 Å². The van der Waals surface area contributed by atoms with E-state index in [1.807, 2.05) is 6.07 Å². The van der Waals surface area contributed by atoms with E-state index in [2.05, 4.69) is 0 Å². The highest BCUT2D eigenvalue weighted by atomic mass is 32.2. The molecule has 1 aromatic carbocycles. The van der Waals surface area contributed by atoms with Gasteiger partial charge < -0.3 is 9.64 Å². The number of benzene rings is 1. The summed E-state index contributed by atoms with van der Waals surface area (Å²) in [6.07, 6.45) is 1.04. The number of amides is 3. The first kappa shape index (κ1) is 19.3. The smallest absolute Gasteiger partial charge is 0.332 e. The summed E-state index contributed by atoms with van der Waals surface area (Å²) in [7, 11) is -3.50. The van der Waals surface area contributed by atoms with Crippen molar-refractivity contribution < 1.29 is 22.7 Å². The molecule has 3 aliphatic heterocycles. The highest BCUT2D eigenvalue weighted by Crippen LogP contribution is 2.27. The molecular weight excluding hydrogens is 384 g/mol. The fraction of sp³-hybridized carbons (Fsp3) is 0.556. The lowest BCUT2D eigenvalue weighted by Gasteiger charge is -2.38. The molecule has 0 aromatic heterocycles. The van der Waals surface area contributed by atoms with E-state index in [9.17, 15) is 18.0 Å². The minimum absolute atomic E-state index is 0.0363. The van der Waals surface area contributed by atoms with Crippen molar-refractivity contribution >= 4 is 27.8 Å². The third-order valence-corrected chi connectivity index (χ3v) is 7.53. The Morgan fingerprint density at radius 1 is 0.893 bits per heavy atom. The van der Waals surface area contributed by atoms with E-state index in [0.29, 0.717) is 57.9 Å². The number of nitrogens with zero attached hydrogens (tertiary/aromatic N) is 4. The first-order chi connectivity index (χ1) is 13.5. The van der Waals surface area contributed by atoms with E-state index < -0.39 is 10.2 Å². The van der Waals surface area contributed by atoms with Crippen molar-refractivity contribution in [3.8, 4) is 0 Å². The maximum Gasteiger partial charge on any atom is 0.332 e. The van der Waals surface area contributed by atoms with Gasteiger partial charge in [0.15, 0.2) is 0 Å². The molecule has 152 valence electrons. The molecule has 3 fully saturated rings. The number of imide groups is 1. The Labute approximate surface area is 164 Å². The molecule has 0 radical (unpaired) electrons. The summed E-state index contributed by atoms with van der Waals surface area (Å²) < 4.78 is 33.7. The summed E-state index contributed by atoms with van der Waals surface area (Å²) in [6.45, 7) is 2.28. The number of morpholine rings is 1. The molecular formula is C18H24N4O5S. The number of carbonyl (C=O) groups excluding carboxylic acids is 2. The fourth-order valence-electron chi connectivity index (χ4n) is 3.96. The van der Waals surface area contributed by atoms with Crippen LogP contribution in [0.4, 0.5) is 10.5 Å². The lowest BCUT2D eigenvalue weighted by atomic mass is 10.1. The average Bonchev–Trinajstić information content (AvgIpc) is 3.03. The number of piperidine rings is 1. The van der Waals surface area contributed by atoms with Gasteiger partial charge in [-0.05, 0) is 25.0 Å². The summed E-state index contributed by atoms with van der Waals surface area (Å²) in [4.78, 5) is 28.0. The monoisotopic (exact) mass is 408 g/mol. The molecule has 0 N–H and O–H groups in total. The zero-order valence-corrected chi connectivity index (χ0v) is 16.4. The first-order valence-corrected chi connectivity index (χ1v) is 10.9. The number of anilines is 1. The van der Waals surface area contributed by atoms with E-state index >= 15 is 0 Å². The van der Waals surface area contributed by atoms with Crippen LogP contribution in [0.25, 0.3) is 0 Å². The average molecular weight is 408 g/mol. The van der Waals surface area contributed by atoms with Gasteiger partial charge in [0.1, 0.15) is 6.54 Å². The third-order valence-electron chi connectivity index (χ3n) is 5.49. The van der Waals surface area contributed by atoms with Gasteiger partial charge in [0.05, 0.1) is 18.9 Å². The number of ether oxygens (including phenoxy) is 1. The number of urea groups is 1. The predicted molar refractivity (Wildman–Crippen MR) is 102 cm³/mol. The van der Waals surface area contributed by atoms with E-state index in [4.69, 9.17) is 4.74 Å². The zero-order valence-electron chi connectivity index (χ0n) is 15.6. The molecule has 28 heavy (non-hydrogen) atoms. The van der Waals surface area contributed by atoms with Gasteiger partial charge in [0, 0.05) is 32.2 Å². The quantitative estimate of drug-likeness (QED) is 0.677. The van der Waals surface area contributed by atoms with Crippen molar-refractivity contribution in [3.05, 3.63) is 30.3 Å². The van der Waals surface area contributed by atoms with Crippen LogP contribution in [0.2, 0.25) is 0 Å². The summed E-state index contributed by atoms with van der Waals surface area (Å²) in [5, 5.41) is 0. The molecule has 0 aliphatic carbocycles. The van der Waals surface area contributed by atoms with E-state index in [1.165, 1.54) is 13.5 Å². The number of para-hydroxylation sites is 1. The van der Waals surface area contributed by atoms with Crippen molar-refractivity contribution in [3.63, 3.8) is 0 Å². The van der Waals surface area contributed by atoms with Crippen molar-refractivity contribution in [1.29, 1.82) is 0 Å². The number of hydrogen-bond donors (Lipinski definition) is 0. The lowest BCUT2D eigenvalue weighted by Crippen LogP contribution is -2.53. The Morgan fingerprint density at radius 3 is 2.14 bits per heavy atom. The molecule has 4 rings (SSSR count). The van der Waals surface area contributed by atoms with Crippen LogP contribution in [-0.2, 0) is 19.7 Å². The maximum absolute atomic E-state index is 12.8. The van der Waals surface area contributed by atoms with Crippen LogP contribution in [0.1, 0.15) is 12.8 Å². The van der Waals surface area contributed by atoms with Gasteiger partial charge in [-0.1, -0.05) is 18.2 Å². The molecule has 3 saturated heterocycles. The summed E-state index contributed by atoms with van der Waals surface area (Å²) in [5.74, 6) is -0.250. The highest BCUT2D eigenvalue weighted by Gasteiger charge is 2.43. The molecule has 3 aliphatic rings. The van der Waals surface area contributed by atoms with Crippen molar-refractivity contribution in [2.45, 2.75) is 18.9 Å². The maximum atomic E-state index is 12.8. The van der Waals surface area contributed by atoms with Crippen LogP contribution in [0.5, 0.6) is 0 Å². The summed E-state index contributed by atoms with van der Waals surface area (Å²) in [6, 6.07) is 8.40. The molecule has 0 spiro atoms. The minimum atomic E-state index is -3.50. The molecule has 0 bridgehead atoms. The first-order valence-electron chi connectivity index (χ1n) is 9.50. The van der Waals surface area contributed by atoms with Gasteiger partial charge in [-0.25, -0.2) is 9.69 Å². The highest BCUT2D eigenvalue weighted by molar-refractivity contribution is 7.86. The molecule has 9 nitrogen and oxygen atoms in total. The second-order valence-electron chi connectivity index (χ2n) is 7.12. The summed E-state index contributed by atoms with van der Waals surface area (Å²) in [5.41, 5.74) is 0.562. The van der Waals surface area contributed by atoms with Gasteiger partial charge in [-0.3, -0.25) is 4.79 Å². The lowest BCUT2D eigenvalue weighted by molar-refractivity contribution is -0.116. The Hall–Kier alpha value is -2.01. The van der Waals surface area contributed by atoms with Gasteiger partial charge in [0.25, 0.3) is 16.1 Å². The van der Waals surface area contributed by atoms with Gasteiger partial charge in [-0.15, -0.1) is 0 Å². The molecule has 0 atom stereocenters. The van der Waals surface area contributed by atoms with Crippen LogP contribution in [0, 0.1) is 0 Å². The van der Waals surface area contributed by atoms with Crippen molar-refractivity contribution in [2.75, 3.05) is 50.8 Å². The zero-order chi connectivity index (χ0) is 19.7. The van der Waals surface area contributed by atoms with Crippen LogP contribution in [0.3, 0.4) is 0 Å². The largest absolute Gasteiger partial charge is 0.379 e. The molecule has 0 unspecified atom stereocenters. The third kappa shape index (κ3) is 3.52. The minimum Gasteiger partial charge on any atom is -0.379 e. The Kier molecular flexibility index (Phi) is 5.37. The second-order valence-corrected chi connectivity index (χ2v) is 9.05. The van der Waals surface area contributed by atoms with E-state index in [-0.39, 0.29) is 24.5 Å². The Balaban J connectivity index is 1.40. The van der Waals surface area contributed by atoms with E-state index in [1.54, 1.807) is 29.2 Å². The number of hydrogen-bond acceptors (Lipinski definition) is 5.